The van der Waals surface area contributed by atoms with Crippen LogP contribution in [0.25, 0.3) is 0 Å². The maximum absolute atomic E-state index is 11.3. The van der Waals surface area contributed by atoms with Crippen LogP contribution in [0.15, 0.2) is 16.6 Å². The minimum Gasteiger partial charge on any atom is -0.481 e. The van der Waals surface area contributed by atoms with Crippen LogP contribution in [-0.2, 0) is 14.3 Å². The molecule has 1 rings (SSSR count). The molecular weight excluding hydrogens is 244 g/mol. The number of thioether (sulfide) groups is 1. The molecule has 0 aromatic heterocycles. The smallest absolute Gasteiger partial charge is 0.313 e. The Kier molecular flexibility index (Phi) is 4.87. The van der Waals surface area contributed by atoms with Crippen LogP contribution in [0.1, 0.15) is 0 Å². The molecule has 7 heteroatoms. The summed E-state index contributed by atoms with van der Waals surface area (Å²) in [6, 6.07) is 1.99. The Morgan fingerprint density at radius 3 is 3.00 bits per heavy atom. The van der Waals surface area contributed by atoms with Gasteiger partial charge in [-0.1, -0.05) is 11.8 Å². The second-order valence-electron chi connectivity index (χ2n) is 3.19. The molecule has 0 spiro atoms. The van der Waals surface area contributed by atoms with E-state index in [9.17, 15) is 9.59 Å². The van der Waals surface area contributed by atoms with Crippen molar-refractivity contribution < 1.29 is 19.4 Å². The zero-order valence-corrected chi connectivity index (χ0v) is 9.86. The lowest BCUT2D eigenvalue weighted by Gasteiger charge is -2.17. The molecule has 1 aliphatic rings. The van der Waals surface area contributed by atoms with Crippen molar-refractivity contribution in [1.82, 2.24) is 0 Å². The molecule has 1 aliphatic heterocycles. The lowest BCUT2D eigenvalue weighted by molar-refractivity contribution is -0.133. The van der Waals surface area contributed by atoms with Gasteiger partial charge in [0.25, 0.3) is 5.91 Å². The fourth-order valence-corrected chi connectivity index (χ4v) is 2.08. The molecule has 0 fully saturated rings. The largest absolute Gasteiger partial charge is 0.481 e. The molecular formula is C10H10N2O4S. The van der Waals surface area contributed by atoms with Gasteiger partial charge in [-0.25, -0.2) is 4.99 Å². The van der Waals surface area contributed by atoms with E-state index < -0.39 is 17.8 Å². The van der Waals surface area contributed by atoms with Crippen LogP contribution in [0.3, 0.4) is 0 Å². The average Bonchev–Trinajstić information content (AvgIpc) is 2.26. The summed E-state index contributed by atoms with van der Waals surface area (Å²) in [6.07, 6.45) is 1.25. The van der Waals surface area contributed by atoms with E-state index >= 15 is 0 Å². The number of ether oxygens (including phenoxy) is 1. The fourth-order valence-electron chi connectivity index (χ4n) is 1.29. The van der Waals surface area contributed by atoms with E-state index in [1.54, 1.807) is 0 Å². The number of carboxylic acids is 1. The minimum absolute atomic E-state index is 0.149. The molecule has 90 valence electrons. The molecule has 1 heterocycles. The van der Waals surface area contributed by atoms with Crippen molar-refractivity contribution in [2.75, 3.05) is 19.5 Å². The number of aliphatic carboxylic acids is 1. The van der Waals surface area contributed by atoms with Crippen LogP contribution in [0.4, 0.5) is 0 Å². The highest BCUT2D eigenvalue weighted by molar-refractivity contribution is 8.14. The van der Waals surface area contributed by atoms with Gasteiger partial charge in [-0.2, -0.15) is 5.26 Å². The standard InChI is InChI=1S/C10H10N2O4S/c1-16-4-6-2-8(13)12-10(7(6)3-11)17-5-9(14)15/h2,7H,4-5H2,1H3,(H,14,15). The number of rotatable bonds is 4. The number of carboxylic acid groups (broad SMARTS) is 1. The minimum atomic E-state index is -1.02. The molecule has 1 amide bonds. The highest BCUT2D eigenvalue weighted by Crippen LogP contribution is 2.24. The first kappa shape index (κ1) is 13.4. The van der Waals surface area contributed by atoms with E-state index in [-0.39, 0.29) is 17.4 Å². The zero-order chi connectivity index (χ0) is 12.8. The number of hydrogen-bond donors (Lipinski definition) is 1. The normalized spacial score (nSPS) is 19.3. The SMILES string of the molecule is COCC1=CC(=O)N=C(SCC(=O)O)C1C#N. The number of aliphatic imine (C=N–C) groups is 1. The van der Waals surface area contributed by atoms with Gasteiger partial charge in [0.05, 0.1) is 23.5 Å². The highest BCUT2D eigenvalue weighted by Gasteiger charge is 2.26. The van der Waals surface area contributed by atoms with Gasteiger partial charge in [-0.3, -0.25) is 9.59 Å². The maximum Gasteiger partial charge on any atom is 0.313 e. The first-order valence-corrected chi connectivity index (χ1v) is 5.63. The topological polar surface area (TPSA) is 99.8 Å². The molecule has 6 nitrogen and oxygen atoms in total. The predicted molar refractivity (Wildman–Crippen MR) is 61.6 cm³/mol. The average molecular weight is 254 g/mol. The van der Waals surface area contributed by atoms with Crippen molar-refractivity contribution in [3.8, 4) is 6.07 Å². The molecule has 0 aromatic carbocycles. The van der Waals surface area contributed by atoms with Gasteiger partial charge in [0.2, 0.25) is 0 Å². The molecule has 1 unspecified atom stereocenters. The van der Waals surface area contributed by atoms with Crippen LogP contribution in [0.5, 0.6) is 0 Å². The summed E-state index contributed by atoms with van der Waals surface area (Å²) in [5, 5.41) is 17.8. The summed E-state index contributed by atoms with van der Waals surface area (Å²) in [7, 11) is 1.45. The molecule has 0 aliphatic carbocycles. The number of hydrogen-bond acceptors (Lipinski definition) is 5. The van der Waals surface area contributed by atoms with E-state index in [4.69, 9.17) is 15.1 Å². The lowest BCUT2D eigenvalue weighted by Crippen LogP contribution is -2.22. The Morgan fingerprint density at radius 1 is 1.76 bits per heavy atom. The number of methoxy groups -OCH3 is 1. The van der Waals surface area contributed by atoms with Gasteiger partial charge in [-0.05, 0) is 5.57 Å². The van der Waals surface area contributed by atoms with Crippen molar-refractivity contribution in [2.45, 2.75) is 0 Å². The summed E-state index contributed by atoms with van der Waals surface area (Å²) in [5.74, 6) is -2.44. The second kappa shape index (κ2) is 6.18. The number of nitriles is 1. The first-order valence-electron chi connectivity index (χ1n) is 4.64. The molecule has 1 atom stereocenters. The van der Waals surface area contributed by atoms with E-state index in [0.717, 1.165) is 11.8 Å². The van der Waals surface area contributed by atoms with Crippen LogP contribution in [0.2, 0.25) is 0 Å². The first-order chi connectivity index (χ1) is 8.08. The highest BCUT2D eigenvalue weighted by atomic mass is 32.2. The Bertz CT molecular complexity index is 436. The Morgan fingerprint density at radius 2 is 2.47 bits per heavy atom. The zero-order valence-electron chi connectivity index (χ0n) is 9.04. The van der Waals surface area contributed by atoms with Gasteiger partial charge in [0.1, 0.15) is 5.92 Å². The predicted octanol–water partition coefficient (Wildman–Crippen LogP) is 0.455. The molecule has 0 saturated carbocycles. The van der Waals surface area contributed by atoms with Crippen molar-refractivity contribution >= 4 is 28.7 Å². The van der Waals surface area contributed by atoms with Crippen LogP contribution < -0.4 is 0 Å². The Labute approximate surface area is 102 Å². The van der Waals surface area contributed by atoms with Gasteiger partial charge < -0.3 is 9.84 Å². The van der Waals surface area contributed by atoms with Gasteiger partial charge in [0.15, 0.2) is 0 Å². The van der Waals surface area contributed by atoms with Crippen LogP contribution in [0, 0.1) is 17.2 Å². The summed E-state index contributed by atoms with van der Waals surface area (Å²) in [6.45, 7) is 0.149. The summed E-state index contributed by atoms with van der Waals surface area (Å²) < 4.78 is 4.88. The number of dihydropyridines is 1. The number of nitrogens with zero attached hydrogens (tertiary/aromatic N) is 2. The van der Waals surface area contributed by atoms with Crippen molar-refractivity contribution in [1.29, 1.82) is 5.26 Å². The lowest BCUT2D eigenvalue weighted by atomic mass is 10.00. The maximum atomic E-state index is 11.3. The number of amides is 1. The van der Waals surface area contributed by atoms with Gasteiger partial charge >= 0.3 is 5.97 Å². The van der Waals surface area contributed by atoms with E-state index in [1.165, 1.54) is 13.2 Å². The fraction of sp³-hybridized carbons (Fsp3) is 0.400. The Balaban J connectivity index is 2.85. The molecule has 1 N–H and O–H groups in total. The molecule has 0 saturated heterocycles. The summed E-state index contributed by atoms with van der Waals surface area (Å²) in [5.41, 5.74) is 0.503. The van der Waals surface area contributed by atoms with E-state index in [2.05, 4.69) is 4.99 Å². The summed E-state index contributed by atoms with van der Waals surface area (Å²) >= 11 is 0.882. The van der Waals surface area contributed by atoms with E-state index in [0.29, 0.717) is 5.57 Å². The quantitative estimate of drug-likeness (QED) is 0.782. The van der Waals surface area contributed by atoms with E-state index in [1.807, 2.05) is 6.07 Å². The Hall–Kier alpha value is -1.65. The van der Waals surface area contributed by atoms with Crippen molar-refractivity contribution in [2.24, 2.45) is 10.9 Å². The molecule has 0 radical (unpaired) electrons. The third kappa shape index (κ3) is 3.69. The molecule has 17 heavy (non-hydrogen) atoms. The molecule has 0 bridgehead atoms. The molecule has 0 aromatic rings. The van der Waals surface area contributed by atoms with Crippen LogP contribution in [-0.4, -0.2) is 41.5 Å². The van der Waals surface area contributed by atoms with Crippen molar-refractivity contribution in [3.63, 3.8) is 0 Å². The second-order valence-corrected chi connectivity index (χ2v) is 4.18. The number of carbonyl (C=O) groups is 2. The van der Waals surface area contributed by atoms with Crippen molar-refractivity contribution in [3.05, 3.63) is 11.6 Å². The van der Waals surface area contributed by atoms with Gasteiger partial charge in [-0.15, -0.1) is 0 Å². The third-order valence-electron chi connectivity index (χ3n) is 1.93. The number of carbonyl (C=O) groups excluding carboxylic acids is 1. The monoisotopic (exact) mass is 254 g/mol. The third-order valence-corrected chi connectivity index (χ3v) is 2.94. The van der Waals surface area contributed by atoms with Gasteiger partial charge in [0, 0.05) is 13.2 Å². The van der Waals surface area contributed by atoms with Crippen LogP contribution >= 0.6 is 11.8 Å². The summed E-state index contributed by atoms with van der Waals surface area (Å²) in [4.78, 5) is 25.4.